The minimum Gasteiger partial charge on any atom is -0.481 e. The van der Waals surface area contributed by atoms with Crippen molar-refractivity contribution in [2.24, 2.45) is 11.7 Å². The number of carboxylic acids is 2. The van der Waals surface area contributed by atoms with Crippen LogP contribution in [0.2, 0.25) is 0 Å². The summed E-state index contributed by atoms with van der Waals surface area (Å²) in [6.45, 7) is 1.54. The molecule has 0 aliphatic rings. The molecule has 1 aromatic heterocycles. The summed E-state index contributed by atoms with van der Waals surface area (Å²) in [5.41, 5.74) is 5.84. The molecule has 0 saturated heterocycles. The number of hydrogen-bond acceptors (Lipinski definition) is 7. The highest BCUT2D eigenvalue weighted by Gasteiger charge is 2.25. The van der Waals surface area contributed by atoms with Crippen LogP contribution in [0.4, 0.5) is 0 Å². The van der Waals surface area contributed by atoms with E-state index in [4.69, 9.17) is 30.5 Å². The summed E-state index contributed by atoms with van der Waals surface area (Å²) in [6, 6.07) is 7.58. The van der Waals surface area contributed by atoms with Crippen molar-refractivity contribution in [3.8, 4) is 5.75 Å². The lowest BCUT2D eigenvalue weighted by Crippen LogP contribution is -2.43. The van der Waals surface area contributed by atoms with Crippen LogP contribution in [0.5, 0.6) is 5.75 Å². The van der Waals surface area contributed by atoms with E-state index in [0.717, 1.165) is 0 Å². The normalized spacial score (nSPS) is 12.4. The predicted molar refractivity (Wildman–Crippen MR) is 110 cm³/mol. The number of carbonyl (C=O) groups excluding carboxylic acids is 2. The monoisotopic (exact) mass is 445 g/mol. The summed E-state index contributed by atoms with van der Waals surface area (Å²) in [6.07, 6.45) is -0.558. The molecule has 2 atom stereocenters. The smallest absolute Gasteiger partial charge is 0.379 e. The average Bonchev–Trinajstić information content (AvgIpc) is 3.19. The van der Waals surface area contributed by atoms with Gasteiger partial charge in [0, 0.05) is 24.3 Å². The van der Waals surface area contributed by atoms with Gasteiger partial charge in [0.15, 0.2) is 0 Å². The Bertz CT molecular complexity index is 1010. The lowest BCUT2D eigenvalue weighted by Gasteiger charge is -2.16. The lowest BCUT2D eigenvalue weighted by atomic mass is 10.0. The van der Waals surface area contributed by atoms with Crippen LogP contribution in [-0.4, -0.2) is 45.9 Å². The largest absolute Gasteiger partial charge is 0.481 e. The van der Waals surface area contributed by atoms with Gasteiger partial charge >= 0.3 is 17.9 Å². The van der Waals surface area contributed by atoms with E-state index in [1.165, 1.54) is 36.4 Å². The summed E-state index contributed by atoms with van der Waals surface area (Å²) in [4.78, 5) is 46.4. The van der Waals surface area contributed by atoms with Gasteiger partial charge in [-0.2, -0.15) is 0 Å². The molecule has 2 aromatic rings. The number of amidine groups is 1. The number of carbonyl (C=O) groups is 4. The molecule has 2 rings (SSSR count). The SMILES string of the molecule is CC(Cc1ccc(C(=O)Oc2ccc(C(=N)N)cc2)o1)C(=O)N[C@H](CCC(=O)O)C(=O)O. The molecule has 1 amide bonds. The number of rotatable bonds is 11. The fraction of sp³-hybridized carbons (Fsp3) is 0.286. The predicted octanol–water partition coefficient (Wildman–Crippen LogP) is 1.40. The van der Waals surface area contributed by atoms with E-state index < -0.39 is 42.2 Å². The van der Waals surface area contributed by atoms with E-state index in [9.17, 15) is 19.2 Å². The van der Waals surface area contributed by atoms with E-state index in [0.29, 0.717) is 11.3 Å². The van der Waals surface area contributed by atoms with Crippen LogP contribution in [0.3, 0.4) is 0 Å². The van der Waals surface area contributed by atoms with Crippen molar-refractivity contribution in [2.75, 3.05) is 0 Å². The van der Waals surface area contributed by atoms with E-state index in [1.54, 1.807) is 6.92 Å². The first-order valence-corrected chi connectivity index (χ1v) is 9.57. The summed E-state index contributed by atoms with van der Waals surface area (Å²) in [5, 5.41) is 27.5. The van der Waals surface area contributed by atoms with Crippen LogP contribution >= 0.6 is 0 Å². The maximum absolute atomic E-state index is 12.3. The zero-order valence-electron chi connectivity index (χ0n) is 17.2. The van der Waals surface area contributed by atoms with Crippen LogP contribution in [0, 0.1) is 11.3 Å². The number of amides is 1. The first-order valence-electron chi connectivity index (χ1n) is 9.57. The highest BCUT2D eigenvalue weighted by Crippen LogP contribution is 2.18. The fourth-order valence-electron chi connectivity index (χ4n) is 2.69. The van der Waals surface area contributed by atoms with Crippen LogP contribution in [0.15, 0.2) is 40.8 Å². The average molecular weight is 445 g/mol. The van der Waals surface area contributed by atoms with Crippen LogP contribution in [0.1, 0.15) is 41.6 Å². The second-order valence-corrected chi connectivity index (χ2v) is 7.03. The number of hydrogen-bond donors (Lipinski definition) is 5. The molecule has 1 aromatic carbocycles. The molecule has 0 bridgehead atoms. The van der Waals surface area contributed by atoms with E-state index in [1.807, 2.05) is 0 Å². The van der Waals surface area contributed by atoms with Crippen molar-refractivity contribution in [3.05, 3.63) is 53.5 Å². The first-order chi connectivity index (χ1) is 15.1. The van der Waals surface area contributed by atoms with Crippen molar-refractivity contribution in [1.29, 1.82) is 5.41 Å². The number of furan rings is 1. The Morgan fingerprint density at radius 1 is 1.12 bits per heavy atom. The number of ether oxygens (including phenoxy) is 1. The van der Waals surface area contributed by atoms with Crippen LogP contribution in [-0.2, 0) is 20.8 Å². The minimum atomic E-state index is -1.33. The van der Waals surface area contributed by atoms with Gasteiger partial charge < -0.3 is 30.4 Å². The Labute approximate surface area is 182 Å². The first kappa shape index (κ1) is 24.1. The summed E-state index contributed by atoms with van der Waals surface area (Å²) < 4.78 is 10.6. The maximum atomic E-state index is 12.3. The molecule has 1 unspecified atom stereocenters. The Balaban J connectivity index is 1.93. The van der Waals surface area contributed by atoms with Gasteiger partial charge in [-0.15, -0.1) is 0 Å². The second-order valence-electron chi connectivity index (χ2n) is 7.03. The number of aliphatic carboxylic acids is 2. The van der Waals surface area contributed by atoms with Crippen molar-refractivity contribution in [2.45, 2.75) is 32.2 Å². The van der Waals surface area contributed by atoms with Crippen LogP contribution in [0.25, 0.3) is 0 Å². The number of carboxylic acid groups (broad SMARTS) is 2. The number of benzene rings is 1. The molecule has 6 N–H and O–H groups in total. The van der Waals surface area contributed by atoms with Crippen molar-refractivity contribution >= 4 is 29.7 Å². The maximum Gasteiger partial charge on any atom is 0.379 e. The van der Waals surface area contributed by atoms with Crippen molar-refractivity contribution < 1.29 is 38.5 Å². The zero-order valence-corrected chi connectivity index (χ0v) is 17.2. The number of nitrogen functional groups attached to an aromatic ring is 1. The molecular formula is C21H23N3O8. The Kier molecular flexibility index (Phi) is 8.11. The van der Waals surface area contributed by atoms with Crippen LogP contribution < -0.4 is 15.8 Å². The van der Waals surface area contributed by atoms with Gasteiger partial charge in [0.2, 0.25) is 11.7 Å². The third-order valence-corrected chi connectivity index (χ3v) is 4.46. The zero-order chi connectivity index (χ0) is 23.8. The molecule has 0 spiro atoms. The quantitative estimate of drug-likeness (QED) is 0.147. The Morgan fingerprint density at radius 3 is 2.34 bits per heavy atom. The summed E-state index contributed by atoms with van der Waals surface area (Å²) >= 11 is 0. The molecule has 0 fully saturated rings. The summed E-state index contributed by atoms with van der Waals surface area (Å²) in [7, 11) is 0. The lowest BCUT2D eigenvalue weighted by molar-refractivity contribution is -0.143. The van der Waals surface area contributed by atoms with Gasteiger partial charge in [0.1, 0.15) is 23.4 Å². The third-order valence-electron chi connectivity index (χ3n) is 4.46. The van der Waals surface area contributed by atoms with Gasteiger partial charge in [-0.1, -0.05) is 6.92 Å². The number of esters is 1. The third kappa shape index (κ3) is 6.97. The minimum absolute atomic E-state index is 0.0810. The molecule has 32 heavy (non-hydrogen) atoms. The van der Waals surface area contributed by atoms with Gasteiger partial charge in [-0.25, -0.2) is 9.59 Å². The van der Waals surface area contributed by atoms with E-state index in [2.05, 4.69) is 5.32 Å². The number of nitrogens with one attached hydrogen (secondary N) is 2. The molecule has 170 valence electrons. The Morgan fingerprint density at radius 2 is 1.78 bits per heavy atom. The molecule has 11 nitrogen and oxygen atoms in total. The van der Waals surface area contributed by atoms with Crippen molar-refractivity contribution in [3.63, 3.8) is 0 Å². The number of nitrogens with two attached hydrogens (primary N) is 1. The van der Waals surface area contributed by atoms with E-state index >= 15 is 0 Å². The van der Waals surface area contributed by atoms with Gasteiger partial charge in [-0.05, 0) is 42.8 Å². The highest BCUT2D eigenvalue weighted by atomic mass is 16.5. The fourth-order valence-corrected chi connectivity index (χ4v) is 2.69. The topological polar surface area (TPSA) is 193 Å². The molecule has 0 aliphatic heterocycles. The molecule has 0 saturated carbocycles. The second kappa shape index (κ2) is 10.8. The molecule has 11 heteroatoms. The Hall–Kier alpha value is -4.15. The molecular weight excluding hydrogens is 422 g/mol. The molecule has 0 radical (unpaired) electrons. The van der Waals surface area contributed by atoms with Crippen molar-refractivity contribution in [1.82, 2.24) is 5.32 Å². The molecule has 1 heterocycles. The van der Waals surface area contributed by atoms with Gasteiger partial charge in [0.05, 0.1) is 0 Å². The summed E-state index contributed by atoms with van der Waals surface area (Å²) in [5.74, 6) is -4.21. The van der Waals surface area contributed by atoms with Gasteiger partial charge in [-0.3, -0.25) is 15.0 Å². The molecule has 0 aliphatic carbocycles. The van der Waals surface area contributed by atoms with E-state index in [-0.39, 0.29) is 30.2 Å². The highest BCUT2D eigenvalue weighted by molar-refractivity contribution is 5.95. The van der Waals surface area contributed by atoms with Gasteiger partial charge in [0.25, 0.3) is 0 Å². The standard InChI is InChI=1S/C21H23N3O8/c1-11(19(27)24-15(20(28)29)7-9-17(25)26)10-14-6-8-16(31-14)21(30)32-13-4-2-12(3-5-13)18(22)23/h2-6,8,11,15H,7,9-10H2,1H3,(H3,22,23)(H,24,27)(H,25,26)(H,28,29)/t11?,15-/m1/s1.